The van der Waals surface area contributed by atoms with Crippen molar-refractivity contribution in [2.45, 2.75) is 31.2 Å². The van der Waals surface area contributed by atoms with Crippen molar-refractivity contribution in [3.63, 3.8) is 0 Å². The van der Waals surface area contributed by atoms with E-state index in [9.17, 15) is 10.1 Å². The molecule has 2 aromatic rings. The zero-order chi connectivity index (χ0) is 28.1. The lowest BCUT2D eigenvalue weighted by Gasteiger charge is -2.45. The number of hydrogen-bond donors (Lipinski definition) is 3. The number of carbonyl (C=O) groups excluding carboxylic acids is 1. The average Bonchev–Trinajstić information content (AvgIpc) is 3.00. The first kappa shape index (κ1) is 27.3. The van der Waals surface area contributed by atoms with Gasteiger partial charge in [-0.25, -0.2) is 10.4 Å². The van der Waals surface area contributed by atoms with Gasteiger partial charge in [0, 0.05) is 43.5 Å². The number of nitrogens with one attached hydrogen (secondary N) is 3. The summed E-state index contributed by atoms with van der Waals surface area (Å²) in [6, 6.07) is 12.4. The topological polar surface area (TPSA) is 115 Å². The SMILES string of the molecule is N#CC1(C2(Cc3cccc(-c4nccc(OCC5CCN(CC6CNC6)CC5)n4)c3)C=CC(=O)NN2)C=CC=CC1. The minimum atomic E-state index is -0.864. The fourth-order valence-electron chi connectivity index (χ4n) is 6.21. The van der Waals surface area contributed by atoms with Crippen LogP contribution in [0, 0.1) is 28.6 Å². The molecule has 6 rings (SSSR count). The molecule has 41 heavy (non-hydrogen) atoms. The second kappa shape index (κ2) is 12.0. The van der Waals surface area contributed by atoms with E-state index < -0.39 is 11.0 Å². The van der Waals surface area contributed by atoms with Crippen LogP contribution in [0.15, 0.2) is 73.0 Å². The van der Waals surface area contributed by atoms with Crippen LogP contribution in [0.3, 0.4) is 0 Å². The molecular weight excluding hydrogens is 514 g/mol. The van der Waals surface area contributed by atoms with Gasteiger partial charge in [0.05, 0.1) is 18.2 Å². The van der Waals surface area contributed by atoms with Crippen LogP contribution in [0.25, 0.3) is 11.4 Å². The Bertz CT molecular complexity index is 1390. The summed E-state index contributed by atoms with van der Waals surface area (Å²) in [5.74, 6) is 2.30. The fraction of sp³-hybridized carbons (Fsp3) is 0.438. The Morgan fingerprint density at radius 3 is 2.71 bits per heavy atom. The number of benzene rings is 1. The molecule has 2 saturated heterocycles. The Balaban J connectivity index is 1.13. The van der Waals surface area contributed by atoms with E-state index in [0.29, 0.717) is 37.1 Å². The van der Waals surface area contributed by atoms with E-state index in [1.807, 2.05) is 60.7 Å². The van der Waals surface area contributed by atoms with Gasteiger partial charge in [-0.2, -0.15) is 10.2 Å². The lowest BCUT2D eigenvalue weighted by Crippen LogP contribution is -2.64. The van der Waals surface area contributed by atoms with E-state index in [0.717, 1.165) is 56.1 Å². The first-order valence-electron chi connectivity index (χ1n) is 14.6. The van der Waals surface area contributed by atoms with E-state index in [4.69, 9.17) is 9.72 Å². The number of hydrazine groups is 1. The Kier molecular flexibility index (Phi) is 7.97. The van der Waals surface area contributed by atoms with Gasteiger partial charge in [0.1, 0.15) is 5.41 Å². The van der Waals surface area contributed by atoms with Crippen molar-refractivity contribution in [1.29, 1.82) is 5.26 Å². The molecule has 0 saturated carbocycles. The number of rotatable bonds is 9. The van der Waals surface area contributed by atoms with E-state index in [-0.39, 0.29) is 5.91 Å². The molecule has 212 valence electrons. The zero-order valence-electron chi connectivity index (χ0n) is 23.3. The first-order valence-corrected chi connectivity index (χ1v) is 14.6. The average molecular weight is 552 g/mol. The van der Waals surface area contributed by atoms with Gasteiger partial charge in [-0.15, -0.1) is 0 Å². The van der Waals surface area contributed by atoms with Crippen LogP contribution < -0.4 is 20.9 Å². The van der Waals surface area contributed by atoms with E-state index in [1.165, 1.54) is 12.6 Å². The van der Waals surface area contributed by atoms with E-state index in [2.05, 4.69) is 32.1 Å². The van der Waals surface area contributed by atoms with Crippen LogP contribution in [0.1, 0.15) is 24.8 Å². The molecule has 1 aromatic heterocycles. The highest BCUT2D eigenvalue weighted by atomic mass is 16.5. The van der Waals surface area contributed by atoms with Crippen molar-refractivity contribution in [3.05, 3.63) is 78.5 Å². The zero-order valence-corrected chi connectivity index (χ0v) is 23.3. The second-order valence-corrected chi connectivity index (χ2v) is 11.7. The standard InChI is InChI=1S/C32H37N7O2/c33-23-31(11-2-1-3-12-31)32(13-7-28(40)37-38-32)18-25-5-4-6-27(17-25)30-35-14-8-29(36-30)41-22-24-9-15-39(16-10-24)21-26-19-34-20-26/h1-8,11,13-14,17,24,26,34,38H,9-10,12,15-16,18-22H2,(H,37,40). The molecule has 0 bridgehead atoms. The van der Waals surface area contributed by atoms with Gasteiger partial charge >= 0.3 is 0 Å². The molecule has 2 fully saturated rings. The molecule has 0 radical (unpaired) electrons. The van der Waals surface area contributed by atoms with Crippen LogP contribution >= 0.6 is 0 Å². The molecule has 2 atom stereocenters. The summed E-state index contributed by atoms with van der Waals surface area (Å²) in [5, 5.41) is 13.7. The lowest BCUT2D eigenvalue weighted by molar-refractivity contribution is -0.119. The van der Waals surface area contributed by atoms with Crippen molar-refractivity contribution in [2.75, 3.05) is 39.3 Å². The summed E-state index contributed by atoms with van der Waals surface area (Å²) in [4.78, 5) is 23.8. The molecular formula is C32H37N7O2. The predicted molar refractivity (Wildman–Crippen MR) is 156 cm³/mol. The Hall–Kier alpha value is -3.84. The molecule has 1 amide bonds. The summed E-state index contributed by atoms with van der Waals surface area (Å²) in [6.07, 6.45) is 16.1. The van der Waals surface area contributed by atoms with E-state index in [1.54, 1.807) is 6.20 Å². The van der Waals surface area contributed by atoms with Crippen LogP contribution in [0.4, 0.5) is 0 Å². The van der Waals surface area contributed by atoms with Crippen LogP contribution in [0.2, 0.25) is 0 Å². The number of likely N-dealkylation sites (tertiary alicyclic amines) is 1. The van der Waals surface area contributed by atoms with Gasteiger partial charge in [0.15, 0.2) is 5.82 Å². The van der Waals surface area contributed by atoms with Crippen molar-refractivity contribution in [3.8, 4) is 23.3 Å². The molecule has 2 unspecified atom stereocenters. The van der Waals surface area contributed by atoms with Crippen LogP contribution in [-0.2, 0) is 11.2 Å². The number of carbonyl (C=O) groups is 1. The van der Waals surface area contributed by atoms with Gasteiger partial charge < -0.3 is 15.0 Å². The van der Waals surface area contributed by atoms with Gasteiger partial charge in [-0.3, -0.25) is 10.2 Å². The highest BCUT2D eigenvalue weighted by molar-refractivity contribution is 5.88. The molecule has 4 heterocycles. The highest BCUT2D eigenvalue weighted by Gasteiger charge is 2.50. The van der Waals surface area contributed by atoms with Gasteiger partial charge in [0.25, 0.3) is 5.91 Å². The molecule has 1 aliphatic carbocycles. The van der Waals surface area contributed by atoms with Crippen molar-refractivity contribution in [2.24, 2.45) is 17.3 Å². The maximum Gasteiger partial charge on any atom is 0.257 e. The summed E-state index contributed by atoms with van der Waals surface area (Å²) in [7, 11) is 0. The van der Waals surface area contributed by atoms with Crippen molar-refractivity contribution >= 4 is 5.91 Å². The third kappa shape index (κ3) is 5.96. The van der Waals surface area contributed by atoms with Gasteiger partial charge in [0.2, 0.25) is 5.88 Å². The van der Waals surface area contributed by atoms with Crippen molar-refractivity contribution < 1.29 is 9.53 Å². The third-order valence-corrected chi connectivity index (χ3v) is 8.85. The minimum Gasteiger partial charge on any atom is -0.477 e. The molecule has 9 nitrogen and oxygen atoms in total. The van der Waals surface area contributed by atoms with E-state index >= 15 is 0 Å². The minimum absolute atomic E-state index is 0.236. The quantitative estimate of drug-likeness (QED) is 0.436. The maximum atomic E-state index is 12.0. The summed E-state index contributed by atoms with van der Waals surface area (Å²) >= 11 is 0. The lowest BCUT2D eigenvalue weighted by atomic mass is 9.64. The molecule has 3 N–H and O–H groups in total. The first-order chi connectivity index (χ1) is 20.1. The number of hydrogen-bond acceptors (Lipinski definition) is 8. The number of aromatic nitrogens is 2. The largest absolute Gasteiger partial charge is 0.477 e. The highest BCUT2D eigenvalue weighted by Crippen LogP contribution is 2.42. The smallest absolute Gasteiger partial charge is 0.257 e. The Labute approximate surface area is 241 Å². The molecule has 9 heteroatoms. The molecule has 4 aliphatic rings. The number of nitrogens with zero attached hydrogens (tertiary/aromatic N) is 4. The normalized spacial score (nSPS) is 26.8. The van der Waals surface area contributed by atoms with Gasteiger partial charge in [-0.05, 0) is 62.2 Å². The maximum absolute atomic E-state index is 12.0. The third-order valence-electron chi connectivity index (χ3n) is 8.85. The number of allylic oxidation sites excluding steroid dienone is 3. The molecule has 0 spiro atoms. The van der Waals surface area contributed by atoms with Crippen LogP contribution in [0.5, 0.6) is 5.88 Å². The monoisotopic (exact) mass is 551 g/mol. The number of amides is 1. The number of piperidine rings is 1. The Morgan fingerprint density at radius 2 is 2.00 bits per heavy atom. The van der Waals surface area contributed by atoms with Crippen LogP contribution in [-0.4, -0.2) is 65.6 Å². The fourth-order valence-corrected chi connectivity index (χ4v) is 6.21. The van der Waals surface area contributed by atoms with Crippen molar-refractivity contribution in [1.82, 2.24) is 31.0 Å². The number of ether oxygens (including phenoxy) is 1. The summed E-state index contributed by atoms with van der Waals surface area (Å²) < 4.78 is 6.15. The molecule has 3 aliphatic heterocycles. The van der Waals surface area contributed by atoms with Gasteiger partial charge in [-0.1, -0.05) is 48.6 Å². The Morgan fingerprint density at radius 1 is 1.12 bits per heavy atom. The summed E-state index contributed by atoms with van der Waals surface area (Å²) in [5.41, 5.74) is 6.08. The molecule has 1 aromatic carbocycles. The second-order valence-electron chi connectivity index (χ2n) is 11.7. The summed E-state index contributed by atoms with van der Waals surface area (Å²) in [6.45, 7) is 6.47. The predicted octanol–water partition coefficient (Wildman–Crippen LogP) is 2.95. The number of nitriles is 1.